The Labute approximate surface area is 155 Å². The number of methoxy groups -OCH3 is 2. The number of rotatable bonds is 8. The molecule has 0 bridgehead atoms. The first-order chi connectivity index (χ1) is 12.1. The van der Waals surface area contributed by atoms with Gasteiger partial charge >= 0.3 is 5.97 Å². The average Bonchev–Trinajstić information content (AvgIpc) is 2.64. The lowest BCUT2D eigenvalue weighted by molar-refractivity contribution is -0.138. The predicted molar refractivity (Wildman–Crippen MR) is 99.2 cm³/mol. The van der Waals surface area contributed by atoms with Crippen molar-refractivity contribution in [2.24, 2.45) is 0 Å². The molecule has 5 nitrogen and oxygen atoms in total. The quantitative estimate of drug-likeness (QED) is 0.375. The molecular weight excluding hydrogens is 388 g/mol. The van der Waals surface area contributed by atoms with Crippen molar-refractivity contribution < 1.29 is 23.7 Å². The van der Waals surface area contributed by atoms with Gasteiger partial charge in [0.15, 0.2) is 11.5 Å². The number of esters is 1. The summed E-state index contributed by atoms with van der Waals surface area (Å²) in [5.74, 6) is 1.52. The second-order valence-electron chi connectivity index (χ2n) is 4.92. The summed E-state index contributed by atoms with van der Waals surface area (Å²) in [6.07, 6.45) is 3.01. The molecule has 0 aliphatic heterocycles. The Balaban J connectivity index is 1.77. The fourth-order valence-corrected chi connectivity index (χ4v) is 2.27. The Hall–Kier alpha value is -2.47. The standard InChI is InChI=1S/C19H19BrO5/c1-22-17-9-3-14(13-18(17)23-2)4-10-19(21)25-12-11-24-16-7-5-15(20)6-8-16/h3-10,13H,11-12H2,1-2H3. The van der Waals surface area contributed by atoms with E-state index in [-0.39, 0.29) is 13.2 Å². The van der Waals surface area contributed by atoms with Crippen molar-refractivity contribution in [1.29, 1.82) is 0 Å². The zero-order chi connectivity index (χ0) is 18.1. The van der Waals surface area contributed by atoms with Gasteiger partial charge in [-0.05, 0) is 48.0 Å². The zero-order valence-corrected chi connectivity index (χ0v) is 15.6. The van der Waals surface area contributed by atoms with Gasteiger partial charge in [-0.15, -0.1) is 0 Å². The van der Waals surface area contributed by atoms with Crippen LogP contribution in [0.2, 0.25) is 0 Å². The van der Waals surface area contributed by atoms with E-state index in [1.807, 2.05) is 30.3 Å². The molecule has 2 rings (SSSR count). The molecular formula is C19H19BrO5. The minimum absolute atomic E-state index is 0.172. The molecule has 6 heteroatoms. The normalized spacial score (nSPS) is 10.5. The van der Waals surface area contributed by atoms with Crippen molar-refractivity contribution in [1.82, 2.24) is 0 Å². The van der Waals surface area contributed by atoms with Crippen molar-refractivity contribution in [2.75, 3.05) is 27.4 Å². The maximum Gasteiger partial charge on any atom is 0.330 e. The highest BCUT2D eigenvalue weighted by Gasteiger charge is 2.03. The van der Waals surface area contributed by atoms with Crippen LogP contribution in [0.25, 0.3) is 6.08 Å². The smallest absolute Gasteiger partial charge is 0.330 e. The molecule has 0 saturated heterocycles. The Bertz CT molecular complexity index is 725. The highest BCUT2D eigenvalue weighted by molar-refractivity contribution is 9.10. The van der Waals surface area contributed by atoms with E-state index in [1.165, 1.54) is 6.08 Å². The number of carbonyl (C=O) groups excluding carboxylic acids is 1. The summed E-state index contributed by atoms with van der Waals surface area (Å²) in [4.78, 5) is 11.7. The predicted octanol–water partition coefficient (Wildman–Crippen LogP) is 4.10. The molecule has 0 heterocycles. The SMILES string of the molecule is COc1ccc(C=CC(=O)OCCOc2ccc(Br)cc2)cc1OC. The fraction of sp³-hybridized carbons (Fsp3) is 0.211. The van der Waals surface area contributed by atoms with Crippen LogP contribution in [0.5, 0.6) is 17.2 Å². The molecule has 0 aliphatic rings. The van der Waals surface area contributed by atoms with E-state index in [9.17, 15) is 4.79 Å². The molecule has 0 radical (unpaired) electrons. The molecule has 0 amide bonds. The molecule has 0 aromatic heterocycles. The third-order valence-corrected chi connectivity index (χ3v) is 3.76. The van der Waals surface area contributed by atoms with E-state index in [4.69, 9.17) is 18.9 Å². The van der Waals surface area contributed by atoms with Crippen LogP contribution in [-0.2, 0) is 9.53 Å². The molecule has 0 fully saturated rings. The molecule has 25 heavy (non-hydrogen) atoms. The van der Waals surface area contributed by atoms with Gasteiger partial charge in [-0.3, -0.25) is 0 Å². The number of benzene rings is 2. The lowest BCUT2D eigenvalue weighted by Gasteiger charge is -2.07. The van der Waals surface area contributed by atoms with E-state index in [2.05, 4.69) is 15.9 Å². The zero-order valence-electron chi connectivity index (χ0n) is 14.0. The van der Waals surface area contributed by atoms with Gasteiger partial charge in [0.1, 0.15) is 19.0 Å². The van der Waals surface area contributed by atoms with Crippen LogP contribution in [0.15, 0.2) is 53.0 Å². The Kier molecular flexibility index (Phi) is 7.35. The maximum absolute atomic E-state index is 11.7. The van der Waals surface area contributed by atoms with Crippen molar-refractivity contribution in [3.05, 3.63) is 58.6 Å². The van der Waals surface area contributed by atoms with Gasteiger partial charge in [0.25, 0.3) is 0 Å². The van der Waals surface area contributed by atoms with Gasteiger partial charge in [-0.1, -0.05) is 22.0 Å². The van der Waals surface area contributed by atoms with Crippen molar-refractivity contribution in [2.45, 2.75) is 0 Å². The largest absolute Gasteiger partial charge is 0.493 e. The van der Waals surface area contributed by atoms with Crippen molar-refractivity contribution >= 4 is 28.0 Å². The maximum atomic E-state index is 11.7. The van der Waals surface area contributed by atoms with Crippen molar-refractivity contribution in [3.8, 4) is 17.2 Å². The highest BCUT2D eigenvalue weighted by atomic mass is 79.9. The Morgan fingerprint density at radius 2 is 1.72 bits per heavy atom. The van der Waals surface area contributed by atoms with E-state index in [0.717, 1.165) is 15.8 Å². The minimum Gasteiger partial charge on any atom is -0.493 e. The van der Waals surface area contributed by atoms with Gasteiger partial charge in [0, 0.05) is 10.5 Å². The number of halogens is 1. The summed E-state index contributed by atoms with van der Waals surface area (Å²) in [5.41, 5.74) is 0.806. The van der Waals surface area contributed by atoms with Crippen LogP contribution in [-0.4, -0.2) is 33.4 Å². The molecule has 2 aromatic rings. The monoisotopic (exact) mass is 406 g/mol. The molecule has 0 unspecified atom stereocenters. The van der Waals surface area contributed by atoms with E-state index in [1.54, 1.807) is 32.4 Å². The van der Waals surface area contributed by atoms with E-state index < -0.39 is 5.97 Å². The first kappa shape index (κ1) is 18.9. The summed E-state index contributed by atoms with van der Waals surface area (Å²) in [6.45, 7) is 0.461. The third kappa shape index (κ3) is 6.15. The second-order valence-corrected chi connectivity index (χ2v) is 5.83. The average molecular weight is 407 g/mol. The van der Waals surface area contributed by atoms with Crippen LogP contribution in [0.1, 0.15) is 5.56 Å². The lowest BCUT2D eigenvalue weighted by atomic mass is 10.2. The first-order valence-corrected chi connectivity index (χ1v) is 8.37. The Morgan fingerprint density at radius 1 is 1.00 bits per heavy atom. The second kappa shape index (κ2) is 9.74. The molecule has 0 N–H and O–H groups in total. The summed E-state index contributed by atoms with van der Waals surface area (Å²) in [7, 11) is 3.13. The molecule has 132 valence electrons. The molecule has 0 saturated carbocycles. The van der Waals surface area contributed by atoms with Gasteiger partial charge in [0.2, 0.25) is 0 Å². The Morgan fingerprint density at radius 3 is 2.40 bits per heavy atom. The lowest BCUT2D eigenvalue weighted by Crippen LogP contribution is -2.10. The first-order valence-electron chi connectivity index (χ1n) is 7.57. The van der Waals surface area contributed by atoms with Gasteiger partial charge in [-0.25, -0.2) is 4.79 Å². The molecule has 0 atom stereocenters. The number of ether oxygens (including phenoxy) is 4. The van der Waals surface area contributed by atoms with Gasteiger partial charge < -0.3 is 18.9 Å². The fourth-order valence-electron chi connectivity index (χ4n) is 2.00. The number of hydrogen-bond acceptors (Lipinski definition) is 5. The molecule has 0 aliphatic carbocycles. The number of carbonyl (C=O) groups is 1. The van der Waals surface area contributed by atoms with E-state index >= 15 is 0 Å². The van der Waals surface area contributed by atoms with Gasteiger partial charge in [0.05, 0.1) is 14.2 Å². The van der Waals surface area contributed by atoms with Crippen LogP contribution >= 0.6 is 15.9 Å². The minimum atomic E-state index is -0.436. The summed E-state index contributed by atoms with van der Waals surface area (Å²) >= 11 is 3.35. The van der Waals surface area contributed by atoms with Crippen LogP contribution in [0, 0.1) is 0 Å². The summed E-state index contributed by atoms with van der Waals surface area (Å²) in [5, 5.41) is 0. The molecule has 2 aromatic carbocycles. The number of hydrogen-bond donors (Lipinski definition) is 0. The van der Waals surface area contributed by atoms with Crippen LogP contribution < -0.4 is 14.2 Å². The molecule has 0 spiro atoms. The van der Waals surface area contributed by atoms with Crippen molar-refractivity contribution in [3.63, 3.8) is 0 Å². The van der Waals surface area contributed by atoms with E-state index in [0.29, 0.717) is 11.5 Å². The third-order valence-electron chi connectivity index (χ3n) is 3.23. The topological polar surface area (TPSA) is 54.0 Å². The van der Waals surface area contributed by atoms with Crippen LogP contribution in [0.3, 0.4) is 0 Å². The van der Waals surface area contributed by atoms with Crippen LogP contribution in [0.4, 0.5) is 0 Å². The highest BCUT2D eigenvalue weighted by Crippen LogP contribution is 2.27. The summed E-state index contributed by atoms with van der Waals surface area (Å²) < 4.78 is 21.9. The van der Waals surface area contributed by atoms with Gasteiger partial charge in [-0.2, -0.15) is 0 Å². The summed E-state index contributed by atoms with van der Waals surface area (Å²) in [6, 6.07) is 12.8.